The van der Waals surface area contributed by atoms with Crippen LogP contribution in [0.3, 0.4) is 0 Å². The number of urea groups is 1. The number of halogens is 1. The third kappa shape index (κ3) is 5.47. The van der Waals surface area contributed by atoms with E-state index in [0.717, 1.165) is 37.0 Å². The average Bonchev–Trinajstić information content (AvgIpc) is 2.85. The Morgan fingerprint density at radius 2 is 1.59 bits per heavy atom. The summed E-state index contributed by atoms with van der Waals surface area (Å²) in [5, 5.41) is 2.95. The fourth-order valence-electron chi connectivity index (χ4n) is 4.47. The van der Waals surface area contributed by atoms with Crippen LogP contribution in [0.15, 0.2) is 78.9 Å². The van der Waals surface area contributed by atoms with Gasteiger partial charge in [0.05, 0.1) is 7.11 Å². The second-order valence-corrected chi connectivity index (χ2v) is 8.33. The second-order valence-electron chi connectivity index (χ2n) is 8.33. The monoisotopic (exact) mass is 432 g/mol. The zero-order valence-electron chi connectivity index (χ0n) is 18.3. The van der Waals surface area contributed by atoms with Crippen molar-refractivity contribution in [3.63, 3.8) is 0 Å². The number of nitrogens with one attached hydrogen (secondary N) is 1. The van der Waals surface area contributed by atoms with E-state index in [9.17, 15) is 9.18 Å². The molecular weight excluding hydrogens is 403 g/mol. The molecule has 4 rings (SSSR count). The molecule has 166 valence electrons. The number of benzene rings is 3. The standard InChI is InChI=1S/C27H29FN2O2/c1-32-26-17-7-20(8-18-26)19-30(27(31)29-24-13-11-23(28)12-14-24)25-15-9-22(10-16-25)21-5-3-2-4-6-21/h2-8,11-14,17-18,22,25H,9-10,15-16,19H2,1H3,(H,29,31). The molecule has 32 heavy (non-hydrogen) atoms. The lowest BCUT2D eigenvalue weighted by Crippen LogP contribution is -2.44. The minimum absolute atomic E-state index is 0.150. The SMILES string of the molecule is COc1ccc(CN(C(=O)Nc2ccc(F)cc2)C2CCC(c3ccccc3)CC2)cc1. The van der Waals surface area contributed by atoms with Gasteiger partial charge in [0, 0.05) is 18.3 Å². The van der Waals surface area contributed by atoms with Crippen LogP contribution in [-0.2, 0) is 6.54 Å². The van der Waals surface area contributed by atoms with Crippen LogP contribution in [0.2, 0.25) is 0 Å². The van der Waals surface area contributed by atoms with Crippen molar-refractivity contribution in [2.24, 2.45) is 0 Å². The molecule has 4 nitrogen and oxygen atoms in total. The van der Waals surface area contributed by atoms with Gasteiger partial charge in [-0.05, 0) is 79.1 Å². The highest BCUT2D eigenvalue weighted by Crippen LogP contribution is 2.35. The Labute approximate surface area is 189 Å². The van der Waals surface area contributed by atoms with E-state index < -0.39 is 0 Å². The van der Waals surface area contributed by atoms with Crippen LogP contribution >= 0.6 is 0 Å². The lowest BCUT2D eigenvalue weighted by molar-refractivity contribution is 0.158. The Kier molecular flexibility index (Phi) is 7.05. The number of hydrogen-bond donors (Lipinski definition) is 1. The van der Waals surface area contributed by atoms with Crippen LogP contribution < -0.4 is 10.1 Å². The van der Waals surface area contributed by atoms with E-state index in [0.29, 0.717) is 18.2 Å². The average molecular weight is 433 g/mol. The molecule has 0 saturated heterocycles. The predicted octanol–water partition coefficient (Wildman–Crippen LogP) is 6.59. The number of rotatable bonds is 6. The van der Waals surface area contributed by atoms with Crippen LogP contribution in [-0.4, -0.2) is 24.1 Å². The Bertz CT molecular complexity index is 998. The first-order valence-electron chi connectivity index (χ1n) is 11.1. The van der Waals surface area contributed by atoms with Crippen molar-refractivity contribution in [1.29, 1.82) is 0 Å². The van der Waals surface area contributed by atoms with E-state index in [1.807, 2.05) is 35.2 Å². The summed E-state index contributed by atoms with van der Waals surface area (Å²) in [5.74, 6) is 1.01. The third-order valence-corrected chi connectivity index (χ3v) is 6.28. The van der Waals surface area contributed by atoms with Crippen molar-refractivity contribution < 1.29 is 13.9 Å². The Balaban J connectivity index is 1.48. The Morgan fingerprint density at radius 3 is 2.22 bits per heavy atom. The lowest BCUT2D eigenvalue weighted by Gasteiger charge is -2.37. The first kappa shape index (κ1) is 21.9. The van der Waals surface area contributed by atoms with Crippen LogP contribution in [0, 0.1) is 5.82 Å². The molecule has 0 aliphatic heterocycles. The summed E-state index contributed by atoms with van der Waals surface area (Å²) >= 11 is 0. The maximum Gasteiger partial charge on any atom is 0.322 e. The van der Waals surface area contributed by atoms with Gasteiger partial charge in [0.15, 0.2) is 0 Å². The highest BCUT2D eigenvalue weighted by molar-refractivity contribution is 5.89. The molecule has 3 aromatic carbocycles. The van der Waals surface area contributed by atoms with Gasteiger partial charge in [0.2, 0.25) is 0 Å². The molecule has 0 aromatic heterocycles. The minimum Gasteiger partial charge on any atom is -0.497 e. The molecule has 5 heteroatoms. The molecule has 0 spiro atoms. The summed E-state index contributed by atoms with van der Waals surface area (Å²) in [6.45, 7) is 0.512. The van der Waals surface area contributed by atoms with Gasteiger partial charge in [0.1, 0.15) is 11.6 Å². The van der Waals surface area contributed by atoms with Crippen LogP contribution in [0.25, 0.3) is 0 Å². The molecule has 0 atom stereocenters. The summed E-state index contributed by atoms with van der Waals surface area (Å²) in [6, 6.07) is 24.3. The van der Waals surface area contributed by atoms with Crippen LogP contribution in [0.1, 0.15) is 42.7 Å². The maximum atomic E-state index is 13.3. The number of methoxy groups -OCH3 is 1. The minimum atomic E-state index is -0.322. The fraction of sp³-hybridized carbons (Fsp3) is 0.296. The van der Waals surface area contributed by atoms with E-state index in [-0.39, 0.29) is 17.9 Å². The molecule has 1 aliphatic carbocycles. The van der Waals surface area contributed by atoms with E-state index in [1.165, 1.54) is 17.7 Å². The second kappa shape index (κ2) is 10.3. The molecule has 1 saturated carbocycles. The normalized spacial score (nSPS) is 18.1. The van der Waals surface area contributed by atoms with E-state index in [2.05, 4.69) is 29.6 Å². The Hall–Kier alpha value is -3.34. The van der Waals surface area contributed by atoms with Crippen molar-refractivity contribution in [3.8, 4) is 5.75 Å². The van der Waals surface area contributed by atoms with E-state index in [1.54, 1.807) is 19.2 Å². The molecular formula is C27H29FN2O2. The topological polar surface area (TPSA) is 41.6 Å². The number of nitrogens with zero attached hydrogens (tertiary/aromatic N) is 1. The van der Waals surface area contributed by atoms with Crippen molar-refractivity contribution in [3.05, 3.63) is 95.8 Å². The van der Waals surface area contributed by atoms with E-state index in [4.69, 9.17) is 4.74 Å². The summed E-state index contributed by atoms with van der Waals surface area (Å²) in [6.07, 6.45) is 4.01. The van der Waals surface area contributed by atoms with Gasteiger partial charge in [-0.15, -0.1) is 0 Å². The van der Waals surface area contributed by atoms with Crippen molar-refractivity contribution in [2.75, 3.05) is 12.4 Å². The molecule has 1 aliphatic rings. The van der Waals surface area contributed by atoms with Crippen LogP contribution in [0.4, 0.5) is 14.9 Å². The molecule has 1 fully saturated rings. The van der Waals surface area contributed by atoms with Crippen LogP contribution in [0.5, 0.6) is 5.75 Å². The Morgan fingerprint density at radius 1 is 0.938 bits per heavy atom. The number of hydrogen-bond acceptors (Lipinski definition) is 2. The molecule has 0 radical (unpaired) electrons. The maximum absolute atomic E-state index is 13.3. The lowest BCUT2D eigenvalue weighted by atomic mass is 9.81. The first-order valence-corrected chi connectivity index (χ1v) is 11.1. The van der Waals surface area contributed by atoms with Gasteiger partial charge in [-0.25, -0.2) is 9.18 Å². The number of ether oxygens (including phenoxy) is 1. The number of amides is 2. The largest absolute Gasteiger partial charge is 0.497 e. The predicted molar refractivity (Wildman–Crippen MR) is 125 cm³/mol. The summed E-state index contributed by atoms with van der Waals surface area (Å²) in [4.78, 5) is 15.2. The van der Waals surface area contributed by atoms with Gasteiger partial charge < -0.3 is 15.0 Å². The molecule has 0 bridgehead atoms. The van der Waals surface area contributed by atoms with Gasteiger partial charge in [-0.1, -0.05) is 42.5 Å². The zero-order chi connectivity index (χ0) is 22.3. The first-order chi connectivity index (χ1) is 15.6. The number of anilines is 1. The highest BCUT2D eigenvalue weighted by atomic mass is 19.1. The quantitative estimate of drug-likeness (QED) is 0.477. The smallest absolute Gasteiger partial charge is 0.322 e. The fourth-order valence-corrected chi connectivity index (χ4v) is 4.47. The van der Waals surface area contributed by atoms with Crippen molar-refractivity contribution in [2.45, 2.75) is 44.2 Å². The third-order valence-electron chi connectivity index (χ3n) is 6.28. The molecule has 2 amide bonds. The highest BCUT2D eigenvalue weighted by Gasteiger charge is 2.29. The molecule has 1 N–H and O–H groups in total. The van der Waals surface area contributed by atoms with E-state index >= 15 is 0 Å². The number of carbonyl (C=O) groups excluding carboxylic acids is 1. The van der Waals surface area contributed by atoms with Crippen molar-refractivity contribution in [1.82, 2.24) is 4.90 Å². The van der Waals surface area contributed by atoms with Gasteiger partial charge in [0.25, 0.3) is 0 Å². The van der Waals surface area contributed by atoms with Crippen molar-refractivity contribution >= 4 is 11.7 Å². The molecule has 3 aromatic rings. The van der Waals surface area contributed by atoms with Gasteiger partial charge >= 0.3 is 6.03 Å². The summed E-state index contributed by atoms with van der Waals surface area (Å²) in [5.41, 5.74) is 3.02. The zero-order valence-corrected chi connectivity index (χ0v) is 18.3. The number of carbonyl (C=O) groups is 1. The van der Waals surface area contributed by atoms with Gasteiger partial charge in [-0.2, -0.15) is 0 Å². The summed E-state index contributed by atoms with van der Waals surface area (Å²) < 4.78 is 18.5. The van der Waals surface area contributed by atoms with Gasteiger partial charge in [-0.3, -0.25) is 0 Å². The molecule has 0 heterocycles. The summed E-state index contributed by atoms with van der Waals surface area (Å²) in [7, 11) is 1.64. The molecule has 0 unspecified atom stereocenters.